The molecule has 1 heterocycles. The highest BCUT2D eigenvalue weighted by Gasteiger charge is 2.36. The fourth-order valence-electron chi connectivity index (χ4n) is 4.49. The van der Waals surface area contributed by atoms with Crippen molar-refractivity contribution in [3.05, 3.63) is 80.2 Å². The normalized spacial score (nSPS) is 14.5. The Labute approximate surface area is 249 Å². The second-order valence-corrected chi connectivity index (χ2v) is 13.4. The van der Waals surface area contributed by atoms with Crippen LogP contribution in [0, 0.1) is 20.8 Å². The summed E-state index contributed by atoms with van der Waals surface area (Å²) in [4.78, 5) is 19.8. The van der Waals surface area contributed by atoms with Gasteiger partial charge < -0.3 is 4.90 Å². The molecule has 0 bridgehead atoms. The first-order valence-electron chi connectivity index (χ1n) is 12.9. The molecule has 0 N–H and O–H groups in total. The molecule has 1 aliphatic carbocycles. The molecule has 13 heteroatoms. The molecule has 1 atom stereocenters. The summed E-state index contributed by atoms with van der Waals surface area (Å²) >= 11 is 2.18. The van der Waals surface area contributed by atoms with Gasteiger partial charge in [0.25, 0.3) is 0 Å². The number of nitriles is 1. The van der Waals surface area contributed by atoms with E-state index in [1.54, 1.807) is 31.2 Å². The highest BCUT2D eigenvalue weighted by atomic mass is 127. The van der Waals surface area contributed by atoms with Gasteiger partial charge in [0, 0.05) is 23.9 Å². The van der Waals surface area contributed by atoms with Crippen LogP contribution in [0.5, 0.6) is 0 Å². The second kappa shape index (κ2) is 12.1. The lowest BCUT2D eigenvalue weighted by molar-refractivity contribution is -0.140. The van der Waals surface area contributed by atoms with Crippen molar-refractivity contribution in [3.63, 3.8) is 0 Å². The topological polar surface area (TPSA) is 96.1 Å². The van der Waals surface area contributed by atoms with Crippen LogP contribution in [0.1, 0.15) is 66.9 Å². The Morgan fingerprint density at radius 2 is 1.88 bits per heavy atom. The highest BCUT2D eigenvalue weighted by molar-refractivity contribution is 14.1. The monoisotopic (exact) mass is 702 g/mol. The molecule has 0 spiro atoms. The van der Waals surface area contributed by atoms with Crippen LogP contribution < -0.4 is 0 Å². The predicted octanol–water partition coefficient (Wildman–Crippen LogP) is 5.95. The van der Waals surface area contributed by atoms with Crippen molar-refractivity contribution >= 4 is 38.3 Å². The van der Waals surface area contributed by atoms with E-state index < -0.39 is 45.8 Å². The Balaban J connectivity index is 1.75. The van der Waals surface area contributed by atoms with Crippen molar-refractivity contribution < 1.29 is 30.8 Å². The van der Waals surface area contributed by atoms with Gasteiger partial charge in [0.2, 0.25) is 5.91 Å². The molecule has 1 aromatic heterocycles. The van der Waals surface area contributed by atoms with Crippen LogP contribution in [-0.2, 0) is 27.2 Å². The van der Waals surface area contributed by atoms with Gasteiger partial charge in [-0.15, -0.1) is 0 Å². The van der Waals surface area contributed by atoms with Gasteiger partial charge in [-0.25, -0.2) is 17.8 Å². The summed E-state index contributed by atoms with van der Waals surface area (Å²) in [6, 6.07) is 10.5. The first kappa shape index (κ1) is 31.0. The molecular weight excluding hydrogens is 675 g/mol. The third-order valence-corrected chi connectivity index (χ3v) is 9.75. The fourth-order valence-corrected chi connectivity index (χ4v) is 6.34. The van der Waals surface area contributed by atoms with Crippen LogP contribution >= 0.6 is 22.6 Å². The van der Waals surface area contributed by atoms with E-state index in [2.05, 4.69) is 28.7 Å². The van der Waals surface area contributed by atoms with E-state index in [9.17, 15) is 36.0 Å². The zero-order valence-corrected chi connectivity index (χ0v) is 25.2. The zero-order valence-electron chi connectivity index (χ0n) is 22.3. The van der Waals surface area contributed by atoms with Gasteiger partial charge in [-0.2, -0.15) is 18.4 Å². The number of hydrogen-bond donors (Lipinski definition) is 0. The molecule has 1 aliphatic rings. The third kappa shape index (κ3) is 7.09. The predicted molar refractivity (Wildman–Crippen MR) is 153 cm³/mol. The minimum absolute atomic E-state index is 0.0528. The lowest BCUT2D eigenvalue weighted by Gasteiger charge is -2.30. The number of nitrogens with zero attached hydrogens (tertiary/aromatic N) is 4. The molecule has 1 fully saturated rings. The number of rotatable bonds is 10. The Kier molecular flexibility index (Phi) is 9.13. The minimum atomic E-state index is -4.94. The lowest BCUT2D eigenvalue weighted by Crippen LogP contribution is -2.39. The molecule has 0 saturated heterocycles. The first-order chi connectivity index (χ1) is 19.3. The Bertz CT molecular complexity index is 1590. The fraction of sp³-hybridized carbons (Fsp3) is 0.393. The van der Waals surface area contributed by atoms with Gasteiger partial charge in [0.1, 0.15) is 15.3 Å². The summed E-state index contributed by atoms with van der Waals surface area (Å²) < 4.78 is 81.2. The average Bonchev–Trinajstić information content (AvgIpc) is 3.71. The van der Waals surface area contributed by atoms with Gasteiger partial charge in [-0.05, 0) is 84.3 Å². The molecule has 1 saturated carbocycles. The number of carbonyl (C=O) groups is 1. The van der Waals surface area contributed by atoms with Gasteiger partial charge in [-0.1, -0.05) is 13.0 Å². The van der Waals surface area contributed by atoms with Crippen molar-refractivity contribution in [2.24, 2.45) is 0 Å². The second-order valence-electron chi connectivity index (χ2n) is 9.90. The largest absolute Gasteiger partial charge is 0.419 e. The van der Waals surface area contributed by atoms with Gasteiger partial charge in [0.15, 0.2) is 9.84 Å². The van der Waals surface area contributed by atoms with E-state index in [1.165, 1.54) is 11.8 Å². The molecule has 3 aromatic rings. The summed E-state index contributed by atoms with van der Waals surface area (Å²) in [5.41, 5.74) is 0.467. The van der Waals surface area contributed by atoms with Crippen LogP contribution in [0.15, 0.2) is 42.5 Å². The number of sulfone groups is 1. The summed E-state index contributed by atoms with van der Waals surface area (Å²) in [5.74, 6) is -1.85. The smallest absolute Gasteiger partial charge is 0.331 e. The summed E-state index contributed by atoms with van der Waals surface area (Å²) in [5, 5.41) is 9.21. The number of benzene rings is 2. The number of hydrogen-bond acceptors (Lipinski definition) is 5. The molecule has 4 rings (SSSR count). The molecule has 7 nitrogen and oxygen atoms in total. The molecule has 41 heavy (non-hydrogen) atoms. The zero-order chi connectivity index (χ0) is 30.1. The third-order valence-electron chi connectivity index (χ3n) is 7.03. The van der Waals surface area contributed by atoms with Gasteiger partial charge >= 0.3 is 6.18 Å². The van der Waals surface area contributed by atoms with Crippen molar-refractivity contribution in [1.29, 1.82) is 5.26 Å². The van der Waals surface area contributed by atoms with Crippen LogP contribution in [0.25, 0.3) is 5.69 Å². The van der Waals surface area contributed by atoms with Crippen LogP contribution in [0.2, 0.25) is 0 Å². The highest BCUT2D eigenvalue weighted by Crippen LogP contribution is 2.43. The van der Waals surface area contributed by atoms with E-state index in [0.29, 0.717) is 29.2 Å². The standard InChI is InChI=1S/C28H27F4IN4O3S/c1-3-41(39,40)13-12-36(24(38)15-19-6-11-23(29)22(14-19)28(30,31)32)17(2)27-35-25(20-7-8-20)26(33)37(27)21-9-4-18(16-34)5-10-21/h4-6,9-11,14,17,20H,3,7-8,12-13,15H2,1-2H3/t17-/m1/s1. The lowest BCUT2D eigenvalue weighted by atomic mass is 10.1. The maximum Gasteiger partial charge on any atom is 0.419 e. The first-order valence-corrected chi connectivity index (χ1v) is 15.8. The summed E-state index contributed by atoms with van der Waals surface area (Å²) in [6.07, 6.45) is -3.52. The van der Waals surface area contributed by atoms with Gasteiger partial charge in [-0.3, -0.25) is 9.36 Å². The SMILES string of the molecule is CCS(=O)(=O)CCN(C(=O)Cc1ccc(F)c(C(F)(F)F)c1)[C@H](C)c1nc(C2CC2)c(I)n1-c1ccc(C#N)cc1. The van der Waals surface area contributed by atoms with E-state index in [0.717, 1.165) is 28.3 Å². The maximum absolute atomic E-state index is 13.9. The van der Waals surface area contributed by atoms with Gasteiger partial charge in [0.05, 0.1) is 41.1 Å². The Morgan fingerprint density at radius 1 is 1.22 bits per heavy atom. The van der Waals surface area contributed by atoms with E-state index in [4.69, 9.17) is 4.98 Å². The molecule has 1 amide bonds. The van der Waals surface area contributed by atoms with Crippen molar-refractivity contribution in [2.45, 2.75) is 51.2 Å². The van der Waals surface area contributed by atoms with Crippen LogP contribution in [0.3, 0.4) is 0 Å². The minimum Gasteiger partial charge on any atom is -0.331 e. The molecule has 218 valence electrons. The molecule has 0 unspecified atom stereocenters. The number of alkyl halides is 3. The van der Waals surface area contributed by atoms with Crippen molar-refractivity contribution in [1.82, 2.24) is 14.5 Å². The molecule has 0 aliphatic heterocycles. The van der Waals surface area contributed by atoms with Crippen molar-refractivity contribution in [2.75, 3.05) is 18.1 Å². The Morgan fingerprint density at radius 3 is 2.44 bits per heavy atom. The van der Waals surface area contributed by atoms with E-state index in [1.807, 2.05) is 4.57 Å². The molecule has 2 aromatic carbocycles. The number of aromatic nitrogens is 2. The number of carbonyl (C=O) groups excluding carboxylic acids is 1. The number of halogens is 5. The number of amides is 1. The maximum atomic E-state index is 13.9. The Hall–Kier alpha value is -2.99. The van der Waals surface area contributed by atoms with E-state index in [-0.39, 0.29) is 29.5 Å². The quantitative estimate of drug-likeness (QED) is 0.192. The van der Waals surface area contributed by atoms with Crippen LogP contribution in [-0.4, -0.2) is 46.8 Å². The molecule has 0 radical (unpaired) electrons. The van der Waals surface area contributed by atoms with E-state index >= 15 is 0 Å². The number of imidazole rings is 1. The summed E-state index contributed by atoms with van der Waals surface area (Å²) in [6.45, 7) is 2.97. The van der Waals surface area contributed by atoms with Crippen molar-refractivity contribution in [3.8, 4) is 11.8 Å². The molecular formula is C28H27F4IN4O3S. The summed E-state index contributed by atoms with van der Waals surface area (Å²) in [7, 11) is -3.50. The average molecular weight is 703 g/mol. The van der Waals surface area contributed by atoms with Crippen LogP contribution in [0.4, 0.5) is 17.6 Å².